The maximum atomic E-state index is 13.3. The molecule has 0 unspecified atom stereocenters. The fourth-order valence-corrected chi connectivity index (χ4v) is 5.19. The van der Waals surface area contributed by atoms with Crippen LogP contribution in [-0.4, -0.2) is 27.6 Å². The average Bonchev–Trinajstić information content (AvgIpc) is 3.21. The number of hydrogen-bond donors (Lipinski definition) is 1. The van der Waals surface area contributed by atoms with Crippen molar-refractivity contribution in [2.45, 2.75) is 89.4 Å². The van der Waals surface area contributed by atoms with E-state index in [1.807, 2.05) is 18.2 Å². The van der Waals surface area contributed by atoms with Gasteiger partial charge in [-0.3, -0.25) is 0 Å². The van der Waals surface area contributed by atoms with Crippen molar-refractivity contribution in [1.82, 2.24) is 14.8 Å². The molecule has 4 rings (SSSR count). The molecule has 1 aromatic carbocycles. The van der Waals surface area contributed by atoms with Crippen LogP contribution >= 0.6 is 11.6 Å². The van der Waals surface area contributed by atoms with Crippen LogP contribution in [0.4, 0.5) is 4.79 Å². The lowest BCUT2D eigenvalue weighted by Crippen LogP contribution is -2.50. The number of nitrogens with zero attached hydrogens (tertiary/aromatic N) is 2. The molecule has 5 heteroatoms. The van der Waals surface area contributed by atoms with Gasteiger partial charge in [0, 0.05) is 35.5 Å². The normalized spacial score (nSPS) is 18.3. The highest BCUT2D eigenvalue weighted by molar-refractivity contribution is 6.31. The molecule has 1 aromatic heterocycles. The van der Waals surface area contributed by atoms with Gasteiger partial charge in [0.05, 0.1) is 6.54 Å². The van der Waals surface area contributed by atoms with E-state index in [4.69, 9.17) is 11.6 Å². The van der Waals surface area contributed by atoms with Crippen molar-refractivity contribution in [1.29, 1.82) is 0 Å². The zero-order valence-corrected chi connectivity index (χ0v) is 18.6. The second-order valence-electron chi connectivity index (χ2n) is 8.92. The molecule has 1 N–H and O–H groups in total. The number of rotatable bonds is 6. The molecule has 2 aromatic rings. The summed E-state index contributed by atoms with van der Waals surface area (Å²) in [4.78, 5) is 15.5. The van der Waals surface area contributed by atoms with Crippen LogP contribution in [0.3, 0.4) is 0 Å². The van der Waals surface area contributed by atoms with Crippen LogP contribution in [0.1, 0.15) is 75.5 Å². The smallest absolute Gasteiger partial charge is 0.318 e. The summed E-state index contributed by atoms with van der Waals surface area (Å²) in [7, 11) is 0. The molecular formula is C25H34ClN3O. The van der Waals surface area contributed by atoms with Crippen molar-refractivity contribution in [3.63, 3.8) is 0 Å². The summed E-state index contributed by atoms with van der Waals surface area (Å²) >= 11 is 6.39. The molecule has 4 nitrogen and oxygen atoms in total. The van der Waals surface area contributed by atoms with Crippen molar-refractivity contribution >= 4 is 17.6 Å². The van der Waals surface area contributed by atoms with E-state index in [9.17, 15) is 4.79 Å². The van der Waals surface area contributed by atoms with Crippen LogP contribution in [0, 0.1) is 0 Å². The van der Waals surface area contributed by atoms with E-state index < -0.39 is 0 Å². The molecule has 0 atom stereocenters. The Morgan fingerprint density at radius 3 is 2.40 bits per heavy atom. The molecule has 2 aliphatic rings. The van der Waals surface area contributed by atoms with Crippen LogP contribution in [0.5, 0.6) is 0 Å². The standard InChI is InChI=1S/C25H34ClN3O/c26-24-16-8-7-10-20(24)18-28-17-9-15-23(28)19-29(22-13-5-2-6-14-22)25(30)27-21-11-3-1-4-12-21/h7-10,15-17,21-22H,1-6,11-14,18-19H2,(H,27,30). The van der Waals surface area contributed by atoms with Gasteiger partial charge in [-0.2, -0.15) is 0 Å². The van der Waals surface area contributed by atoms with Gasteiger partial charge in [-0.05, 0) is 49.4 Å². The fraction of sp³-hybridized carbons (Fsp3) is 0.560. The number of carbonyl (C=O) groups excluding carboxylic acids is 1. The van der Waals surface area contributed by atoms with Crippen molar-refractivity contribution < 1.29 is 4.79 Å². The molecule has 0 radical (unpaired) electrons. The van der Waals surface area contributed by atoms with E-state index in [2.05, 4.69) is 39.2 Å². The summed E-state index contributed by atoms with van der Waals surface area (Å²) in [6, 6.07) is 13.0. The Morgan fingerprint density at radius 1 is 0.967 bits per heavy atom. The van der Waals surface area contributed by atoms with Crippen LogP contribution in [0.2, 0.25) is 5.02 Å². The van der Waals surface area contributed by atoms with Gasteiger partial charge in [-0.25, -0.2) is 4.79 Å². The molecule has 30 heavy (non-hydrogen) atoms. The van der Waals surface area contributed by atoms with Crippen LogP contribution < -0.4 is 5.32 Å². The largest absolute Gasteiger partial charge is 0.345 e. The predicted octanol–water partition coefficient (Wildman–Crippen LogP) is 6.37. The lowest BCUT2D eigenvalue weighted by atomic mass is 9.93. The van der Waals surface area contributed by atoms with Gasteiger partial charge in [-0.15, -0.1) is 0 Å². The van der Waals surface area contributed by atoms with Crippen LogP contribution in [0.25, 0.3) is 0 Å². The lowest BCUT2D eigenvalue weighted by Gasteiger charge is -2.36. The number of halogens is 1. The fourth-order valence-electron chi connectivity index (χ4n) is 5.00. The van der Waals surface area contributed by atoms with Gasteiger partial charge in [-0.1, -0.05) is 68.3 Å². The van der Waals surface area contributed by atoms with Crippen LogP contribution in [-0.2, 0) is 13.1 Å². The second-order valence-corrected chi connectivity index (χ2v) is 9.33. The molecule has 0 saturated heterocycles. The number of amides is 2. The first kappa shape index (κ1) is 21.3. The van der Waals surface area contributed by atoms with E-state index in [1.165, 1.54) is 44.2 Å². The van der Waals surface area contributed by atoms with Gasteiger partial charge in [0.2, 0.25) is 0 Å². The highest BCUT2D eigenvalue weighted by atomic mass is 35.5. The quantitative estimate of drug-likeness (QED) is 0.571. The third-order valence-corrected chi connectivity index (χ3v) is 7.13. The summed E-state index contributed by atoms with van der Waals surface area (Å²) in [5.41, 5.74) is 2.27. The molecule has 2 aliphatic carbocycles. The lowest BCUT2D eigenvalue weighted by molar-refractivity contribution is 0.144. The van der Waals surface area contributed by atoms with Crippen molar-refractivity contribution in [2.75, 3.05) is 0 Å². The first-order valence-electron chi connectivity index (χ1n) is 11.7. The van der Waals surface area contributed by atoms with Crippen molar-refractivity contribution in [2.24, 2.45) is 0 Å². The van der Waals surface area contributed by atoms with Gasteiger partial charge in [0.15, 0.2) is 0 Å². The van der Waals surface area contributed by atoms with Gasteiger partial charge < -0.3 is 14.8 Å². The first-order valence-corrected chi connectivity index (χ1v) is 12.0. The summed E-state index contributed by atoms with van der Waals surface area (Å²) < 4.78 is 2.23. The zero-order chi connectivity index (χ0) is 20.8. The van der Waals surface area contributed by atoms with Gasteiger partial charge in [0.25, 0.3) is 0 Å². The molecule has 2 saturated carbocycles. The summed E-state index contributed by atoms with van der Waals surface area (Å²) in [6.45, 7) is 1.38. The maximum Gasteiger partial charge on any atom is 0.318 e. The number of urea groups is 1. The molecular weight excluding hydrogens is 394 g/mol. The number of hydrogen-bond acceptors (Lipinski definition) is 1. The minimum absolute atomic E-state index is 0.124. The average molecular weight is 428 g/mol. The molecule has 2 amide bonds. The molecule has 0 spiro atoms. The molecule has 1 heterocycles. The predicted molar refractivity (Wildman–Crippen MR) is 123 cm³/mol. The van der Waals surface area contributed by atoms with Crippen molar-refractivity contribution in [3.8, 4) is 0 Å². The minimum Gasteiger partial charge on any atom is -0.345 e. The Morgan fingerprint density at radius 2 is 1.67 bits per heavy atom. The highest BCUT2D eigenvalue weighted by Gasteiger charge is 2.28. The Labute approximate surface area is 185 Å². The molecule has 0 bridgehead atoms. The number of carbonyl (C=O) groups is 1. The first-order chi connectivity index (χ1) is 14.7. The highest BCUT2D eigenvalue weighted by Crippen LogP contribution is 2.26. The molecule has 0 aliphatic heterocycles. The Balaban J connectivity index is 1.49. The Kier molecular flexibility index (Phi) is 7.37. The summed E-state index contributed by atoms with van der Waals surface area (Å²) in [5.74, 6) is 0. The van der Waals surface area contributed by atoms with Gasteiger partial charge in [0.1, 0.15) is 0 Å². The van der Waals surface area contributed by atoms with E-state index in [-0.39, 0.29) is 6.03 Å². The minimum atomic E-state index is 0.124. The monoisotopic (exact) mass is 427 g/mol. The van der Waals surface area contributed by atoms with Crippen molar-refractivity contribution in [3.05, 3.63) is 58.9 Å². The molecule has 2 fully saturated rings. The number of aromatic nitrogens is 1. The number of benzene rings is 1. The SMILES string of the molecule is O=C(NC1CCCCC1)N(Cc1cccn1Cc1ccccc1Cl)C1CCCCC1. The summed E-state index contributed by atoms with van der Waals surface area (Å²) in [5, 5.41) is 4.15. The molecule has 162 valence electrons. The van der Waals surface area contributed by atoms with E-state index >= 15 is 0 Å². The maximum absolute atomic E-state index is 13.3. The van der Waals surface area contributed by atoms with E-state index in [1.54, 1.807) is 0 Å². The third kappa shape index (κ3) is 5.40. The Hall–Kier alpha value is -1.94. The third-order valence-electron chi connectivity index (χ3n) is 6.76. The summed E-state index contributed by atoms with van der Waals surface area (Å²) in [6.07, 6.45) is 14.1. The topological polar surface area (TPSA) is 37.3 Å². The Bertz CT molecular complexity index is 821. The van der Waals surface area contributed by atoms with Gasteiger partial charge >= 0.3 is 6.03 Å². The van der Waals surface area contributed by atoms with Crippen LogP contribution in [0.15, 0.2) is 42.6 Å². The number of nitrogens with one attached hydrogen (secondary N) is 1. The van der Waals surface area contributed by atoms with E-state index in [0.717, 1.165) is 42.8 Å². The zero-order valence-electron chi connectivity index (χ0n) is 17.9. The second kappa shape index (κ2) is 10.4. The van der Waals surface area contributed by atoms with E-state index in [0.29, 0.717) is 18.6 Å².